The molecule has 0 aliphatic carbocycles. The third kappa shape index (κ3) is 3.90. The zero-order valence-electron chi connectivity index (χ0n) is 6.43. The normalized spacial score (nSPS) is 15.9. The topological polar surface area (TPSA) is 83.6 Å². The highest BCUT2D eigenvalue weighted by Gasteiger charge is 2.25. The van der Waals surface area contributed by atoms with Crippen LogP contribution < -0.4 is 0 Å². The minimum Gasteiger partial charge on any atom is -0.383 e. The summed E-state index contributed by atoms with van der Waals surface area (Å²) in [6, 6.07) is 0. The molecule has 66 valence electrons. The van der Waals surface area contributed by atoms with Gasteiger partial charge in [0, 0.05) is 0 Å². The Kier molecular flexibility index (Phi) is 4.72. The summed E-state index contributed by atoms with van der Waals surface area (Å²) in [5.41, 5.74) is 0. The average molecular weight is 163 g/mol. The fourth-order valence-electron chi connectivity index (χ4n) is 0.703. The maximum Gasteiger partial charge on any atom is 0.338 e. The van der Waals surface area contributed by atoms with Gasteiger partial charge in [-0.1, -0.05) is 19.8 Å². The maximum absolute atomic E-state index is 9.90. The second kappa shape index (κ2) is 5.03. The zero-order chi connectivity index (χ0) is 8.85. The van der Waals surface area contributed by atoms with Gasteiger partial charge in [-0.3, -0.25) is 10.1 Å². The minimum absolute atomic E-state index is 0.276. The number of nitrogens with zero attached hydrogens (tertiary/aromatic N) is 1. The van der Waals surface area contributed by atoms with Gasteiger partial charge in [0.2, 0.25) is 0 Å². The number of hydrogen-bond acceptors (Lipinski definition) is 4. The summed E-state index contributed by atoms with van der Waals surface area (Å²) in [6.07, 6.45) is -1.25. The molecular weight excluding hydrogens is 150 g/mol. The van der Waals surface area contributed by atoms with E-state index in [1.54, 1.807) is 0 Å². The highest BCUT2D eigenvalue weighted by Crippen LogP contribution is 2.04. The van der Waals surface area contributed by atoms with E-state index >= 15 is 0 Å². The molecule has 0 heterocycles. The van der Waals surface area contributed by atoms with Crippen LogP contribution in [-0.4, -0.2) is 27.5 Å². The van der Waals surface area contributed by atoms with Crippen LogP contribution in [0, 0.1) is 10.1 Å². The number of aliphatic hydroxyl groups excluding tert-OH is 2. The average Bonchev–Trinajstić information content (AvgIpc) is 1.98. The van der Waals surface area contributed by atoms with Crippen molar-refractivity contribution in [3.8, 4) is 0 Å². The summed E-state index contributed by atoms with van der Waals surface area (Å²) in [5, 5.41) is 27.5. The van der Waals surface area contributed by atoms with Crippen LogP contribution in [-0.2, 0) is 0 Å². The summed E-state index contributed by atoms with van der Waals surface area (Å²) < 4.78 is 0. The smallest absolute Gasteiger partial charge is 0.338 e. The number of unbranched alkanes of at least 4 members (excludes halogenated alkanes) is 1. The van der Waals surface area contributed by atoms with E-state index in [0.717, 1.165) is 6.42 Å². The van der Waals surface area contributed by atoms with E-state index < -0.39 is 17.3 Å². The number of aliphatic hydroxyl groups is 2. The van der Waals surface area contributed by atoms with Crippen molar-refractivity contribution in [1.29, 1.82) is 0 Å². The lowest BCUT2D eigenvalue weighted by molar-refractivity contribution is -0.582. The molecule has 0 saturated heterocycles. The van der Waals surface area contributed by atoms with Crippen LogP contribution >= 0.6 is 0 Å². The molecule has 0 aliphatic heterocycles. The van der Waals surface area contributed by atoms with Crippen molar-refractivity contribution in [3.63, 3.8) is 0 Å². The maximum atomic E-state index is 9.90. The summed E-state index contributed by atoms with van der Waals surface area (Å²) in [6.45, 7) is 1.91. The predicted octanol–water partition coefficient (Wildman–Crippen LogP) is 0.133. The number of nitro groups is 1. The molecule has 0 bridgehead atoms. The van der Waals surface area contributed by atoms with Gasteiger partial charge in [0.25, 0.3) is 0 Å². The molecule has 0 radical (unpaired) electrons. The van der Waals surface area contributed by atoms with Gasteiger partial charge < -0.3 is 10.2 Å². The standard InChI is InChI=1S/C6H13NO4/c1-2-3-4-5(8)6(9)7(10)11/h5-6,8-9H,2-4H2,1H3. The second-order valence-corrected chi connectivity index (χ2v) is 2.41. The van der Waals surface area contributed by atoms with Gasteiger partial charge in [0.15, 0.2) is 0 Å². The molecule has 0 fully saturated rings. The zero-order valence-corrected chi connectivity index (χ0v) is 6.43. The van der Waals surface area contributed by atoms with E-state index in [2.05, 4.69) is 0 Å². The van der Waals surface area contributed by atoms with Crippen molar-refractivity contribution in [2.75, 3.05) is 0 Å². The lowest BCUT2D eigenvalue weighted by Gasteiger charge is -2.09. The van der Waals surface area contributed by atoms with Crippen molar-refractivity contribution in [2.24, 2.45) is 0 Å². The lowest BCUT2D eigenvalue weighted by atomic mass is 10.1. The van der Waals surface area contributed by atoms with Gasteiger partial charge >= 0.3 is 6.23 Å². The second-order valence-electron chi connectivity index (χ2n) is 2.41. The minimum atomic E-state index is -1.83. The Hall–Kier alpha value is -0.680. The molecule has 11 heavy (non-hydrogen) atoms. The highest BCUT2D eigenvalue weighted by atomic mass is 16.7. The Morgan fingerprint density at radius 2 is 2.09 bits per heavy atom. The Labute approximate surface area is 64.8 Å². The third-order valence-electron chi connectivity index (χ3n) is 1.41. The Balaban J connectivity index is 3.63. The van der Waals surface area contributed by atoms with Crippen LogP contribution in [0.4, 0.5) is 0 Å². The first-order chi connectivity index (χ1) is 5.09. The van der Waals surface area contributed by atoms with E-state index in [1.807, 2.05) is 6.92 Å². The van der Waals surface area contributed by atoms with E-state index in [1.165, 1.54) is 0 Å². The molecule has 0 amide bonds. The van der Waals surface area contributed by atoms with Crippen molar-refractivity contribution in [2.45, 2.75) is 38.5 Å². The van der Waals surface area contributed by atoms with Gasteiger partial charge in [-0.05, 0) is 6.42 Å². The monoisotopic (exact) mass is 163 g/mol. The molecule has 0 aromatic heterocycles. The molecule has 2 unspecified atom stereocenters. The van der Waals surface area contributed by atoms with E-state index in [0.29, 0.717) is 6.42 Å². The third-order valence-corrected chi connectivity index (χ3v) is 1.41. The number of hydrogen-bond donors (Lipinski definition) is 2. The number of rotatable bonds is 5. The Bertz CT molecular complexity index is 128. The summed E-state index contributed by atoms with van der Waals surface area (Å²) in [5.74, 6) is 0. The quantitative estimate of drug-likeness (QED) is 0.343. The fraction of sp³-hybridized carbons (Fsp3) is 1.00. The highest BCUT2D eigenvalue weighted by molar-refractivity contribution is 4.56. The Morgan fingerprint density at radius 1 is 1.55 bits per heavy atom. The van der Waals surface area contributed by atoms with Crippen LogP contribution in [0.15, 0.2) is 0 Å². The van der Waals surface area contributed by atoms with E-state index in [9.17, 15) is 10.1 Å². The molecule has 5 heteroatoms. The summed E-state index contributed by atoms with van der Waals surface area (Å²) in [7, 11) is 0. The molecule has 2 atom stereocenters. The van der Waals surface area contributed by atoms with Gasteiger partial charge in [-0.2, -0.15) is 0 Å². The van der Waals surface area contributed by atoms with Crippen LogP contribution in [0.25, 0.3) is 0 Å². The molecule has 0 aliphatic rings. The molecule has 0 spiro atoms. The van der Waals surface area contributed by atoms with E-state index in [4.69, 9.17) is 10.2 Å². The first-order valence-electron chi connectivity index (χ1n) is 3.59. The van der Waals surface area contributed by atoms with Crippen molar-refractivity contribution in [1.82, 2.24) is 0 Å². The molecular formula is C6H13NO4. The summed E-state index contributed by atoms with van der Waals surface area (Å²) in [4.78, 5) is 9.01. The molecule has 2 N–H and O–H groups in total. The van der Waals surface area contributed by atoms with Gasteiger partial charge in [-0.25, -0.2) is 0 Å². The van der Waals surface area contributed by atoms with Gasteiger partial charge in [-0.15, -0.1) is 0 Å². The van der Waals surface area contributed by atoms with Gasteiger partial charge in [0.1, 0.15) is 6.10 Å². The lowest BCUT2D eigenvalue weighted by Crippen LogP contribution is -2.33. The first kappa shape index (κ1) is 10.3. The van der Waals surface area contributed by atoms with Gasteiger partial charge in [0.05, 0.1) is 4.92 Å². The van der Waals surface area contributed by atoms with Crippen LogP contribution in [0.3, 0.4) is 0 Å². The molecule has 0 saturated carbocycles. The Morgan fingerprint density at radius 3 is 2.45 bits per heavy atom. The summed E-state index contributed by atoms with van der Waals surface area (Å²) >= 11 is 0. The SMILES string of the molecule is CCCCC(O)C(O)[N+](=O)[O-]. The van der Waals surface area contributed by atoms with Crippen molar-refractivity contribution in [3.05, 3.63) is 10.1 Å². The van der Waals surface area contributed by atoms with Crippen LogP contribution in [0.1, 0.15) is 26.2 Å². The fourth-order valence-corrected chi connectivity index (χ4v) is 0.703. The first-order valence-corrected chi connectivity index (χ1v) is 3.59. The molecule has 0 aromatic carbocycles. The van der Waals surface area contributed by atoms with Crippen LogP contribution in [0.5, 0.6) is 0 Å². The molecule has 5 nitrogen and oxygen atoms in total. The van der Waals surface area contributed by atoms with Crippen LogP contribution in [0.2, 0.25) is 0 Å². The van der Waals surface area contributed by atoms with Crippen molar-refractivity contribution >= 4 is 0 Å². The molecule has 0 aromatic rings. The van der Waals surface area contributed by atoms with Crippen molar-refractivity contribution < 1.29 is 15.1 Å². The predicted molar refractivity (Wildman–Crippen MR) is 38.5 cm³/mol. The molecule has 0 rings (SSSR count). The van der Waals surface area contributed by atoms with E-state index in [-0.39, 0.29) is 6.42 Å². The largest absolute Gasteiger partial charge is 0.383 e.